The standard InChI is InChI=1S/C23H20N2O4/c1-4-6-17-12-16(14-21(28-3)22(17)29-11-5-2)13-18(15-24)23(27)25-19-7-9-20(26)10-8-19/h2,4,7-10,12-14,26H,1,6,11H2,3H3,(H,25,27)/b18-13+. The summed E-state index contributed by atoms with van der Waals surface area (Å²) in [5.41, 5.74) is 1.71. The molecule has 0 saturated carbocycles. The molecular formula is C23H20N2O4. The van der Waals surface area contributed by atoms with Crippen molar-refractivity contribution >= 4 is 17.7 Å². The number of hydrogen-bond donors (Lipinski definition) is 2. The molecule has 0 heterocycles. The summed E-state index contributed by atoms with van der Waals surface area (Å²) in [5, 5.41) is 21.4. The topological polar surface area (TPSA) is 91.6 Å². The molecule has 0 fully saturated rings. The number of rotatable bonds is 8. The van der Waals surface area contributed by atoms with Crippen molar-refractivity contribution in [3.63, 3.8) is 0 Å². The molecule has 0 aliphatic carbocycles. The second-order valence-corrected chi connectivity index (χ2v) is 5.87. The zero-order valence-corrected chi connectivity index (χ0v) is 15.9. The van der Waals surface area contributed by atoms with Crippen molar-refractivity contribution in [1.82, 2.24) is 0 Å². The number of carbonyl (C=O) groups excluding carboxylic acids is 1. The maximum atomic E-state index is 12.4. The number of amides is 1. The van der Waals surface area contributed by atoms with E-state index in [0.29, 0.717) is 29.2 Å². The second kappa shape index (κ2) is 10.2. The molecule has 2 aromatic carbocycles. The molecule has 0 radical (unpaired) electrons. The van der Waals surface area contributed by atoms with Crippen molar-refractivity contribution in [2.24, 2.45) is 0 Å². The molecule has 0 aliphatic heterocycles. The summed E-state index contributed by atoms with van der Waals surface area (Å²) in [6.45, 7) is 3.81. The van der Waals surface area contributed by atoms with Crippen LogP contribution in [0.15, 0.2) is 54.6 Å². The van der Waals surface area contributed by atoms with Gasteiger partial charge in [-0.3, -0.25) is 4.79 Å². The van der Waals surface area contributed by atoms with E-state index in [1.807, 2.05) is 6.07 Å². The number of nitrogens with one attached hydrogen (secondary N) is 1. The number of methoxy groups -OCH3 is 1. The lowest BCUT2D eigenvalue weighted by atomic mass is 10.0. The Hall–Kier alpha value is -4.16. The number of ether oxygens (including phenoxy) is 2. The first kappa shape index (κ1) is 21.1. The van der Waals surface area contributed by atoms with Gasteiger partial charge >= 0.3 is 0 Å². The molecule has 0 bridgehead atoms. The Morgan fingerprint density at radius 2 is 2.07 bits per heavy atom. The number of anilines is 1. The number of phenols is 1. The van der Waals surface area contributed by atoms with Crippen LogP contribution < -0.4 is 14.8 Å². The van der Waals surface area contributed by atoms with Gasteiger partial charge in [0.25, 0.3) is 5.91 Å². The van der Waals surface area contributed by atoms with Crippen LogP contribution in [0.1, 0.15) is 11.1 Å². The Kier molecular flexibility index (Phi) is 7.47. The van der Waals surface area contributed by atoms with Gasteiger partial charge in [-0.05, 0) is 54.5 Å². The lowest BCUT2D eigenvalue weighted by molar-refractivity contribution is -0.112. The molecule has 6 heteroatoms. The van der Waals surface area contributed by atoms with Crippen molar-refractivity contribution in [2.75, 3.05) is 19.0 Å². The minimum atomic E-state index is -0.574. The first-order valence-corrected chi connectivity index (χ1v) is 8.62. The summed E-state index contributed by atoms with van der Waals surface area (Å²) in [6, 6.07) is 11.3. The summed E-state index contributed by atoms with van der Waals surface area (Å²) in [6.07, 6.45) is 8.91. The summed E-state index contributed by atoms with van der Waals surface area (Å²) in [7, 11) is 1.49. The van der Waals surface area contributed by atoms with Gasteiger partial charge in [0.15, 0.2) is 11.5 Å². The summed E-state index contributed by atoms with van der Waals surface area (Å²) in [5.74, 6) is 2.84. The predicted octanol–water partition coefficient (Wildman–Crippen LogP) is 3.69. The average molecular weight is 388 g/mol. The number of aromatic hydroxyl groups is 1. The fourth-order valence-corrected chi connectivity index (χ4v) is 2.56. The molecule has 29 heavy (non-hydrogen) atoms. The van der Waals surface area contributed by atoms with Gasteiger partial charge in [0.2, 0.25) is 0 Å². The van der Waals surface area contributed by atoms with E-state index in [2.05, 4.69) is 17.8 Å². The van der Waals surface area contributed by atoms with E-state index in [1.54, 1.807) is 18.2 Å². The van der Waals surface area contributed by atoms with Gasteiger partial charge in [0, 0.05) is 11.3 Å². The van der Waals surface area contributed by atoms with Gasteiger partial charge in [0.05, 0.1) is 7.11 Å². The normalized spacial score (nSPS) is 10.4. The lowest BCUT2D eigenvalue weighted by Crippen LogP contribution is -2.13. The van der Waals surface area contributed by atoms with E-state index in [0.717, 1.165) is 5.56 Å². The number of hydrogen-bond acceptors (Lipinski definition) is 5. The molecule has 0 unspecified atom stereocenters. The highest BCUT2D eigenvalue weighted by Gasteiger charge is 2.14. The van der Waals surface area contributed by atoms with Crippen LogP contribution in [0.3, 0.4) is 0 Å². The van der Waals surface area contributed by atoms with E-state index in [1.165, 1.54) is 37.5 Å². The lowest BCUT2D eigenvalue weighted by Gasteiger charge is -2.14. The van der Waals surface area contributed by atoms with Crippen LogP contribution in [0, 0.1) is 23.7 Å². The molecule has 1 amide bonds. The highest BCUT2D eigenvalue weighted by Crippen LogP contribution is 2.34. The SMILES string of the molecule is C#CCOc1c(CC=C)cc(/C=C(\C#N)C(=O)Nc2ccc(O)cc2)cc1OC. The van der Waals surface area contributed by atoms with Gasteiger partial charge < -0.3 is 19.9 Å². The molecular weight excluding hydrogens is 368 g/mol. The third-order valence-electron chi connectivity index (χ3n) is 3.84. The van der Waals surface area contributed by atoms with E-state index >= 15 is 0 Å². The fraction of sp³-hybridized carbons (Fsp3) is 0.130. The number of carbonyl (C=O) groups is 1. The number of phenolic OH excluding ortho intramolecular Hbond substituents is 1. The summed E-state index contributed by atoms with van der Waals surface area (Å²) in [4.78, 5) is 12.4. The van der Waals surface area contributed by atoms with Gasteiger partial charge in [-0.1, -0.05) is 12.0 Å². The van der Waals surface area contributed by atoms with Crippen LogP contribution in [-0.4, -0.2) is 24.7 Å². The third kappa shape index (κ3) is 5.66. The fourth-order valence-electron chi connectivity index (χ4n) is 2.56. The molecule has 2 aromatic rings. The smallest absolute Gasteiger partial charge is 0.266 e. The first-order chi connectivity index (χ1) is 14.0. The van der Waals surface area contributed by atoms with E-state index in [4.69, 9.17) is 15.9 Å². The highest BCUT2D eigenvalue weighted by molar-refractivity contribution is 6.09. The number of benzene rings is 2. The minimum Gasteiger partial charge on any atom is -0.508 e. The van der Waals surface area contributed by atoms with Gasteiger partial charge in [0.1, 0.15) is 24.0 Å². The first-order valence-electron chi connectivity index (χ1n) is 8.62. The second-order valence-electron chi connectivity index (χ2n) is 5.87. The van der Waals surface area contributed by atoms with Crippen molar-refractivity contribution in [3.05, 3.63) is 65.8 Å². The zero-order chi connectivity index (χ0) is 21.2. The highest BCUT2D eigenvalue weighted by atomic mass is 16.5. The quantitative estimate of drug-likeness (QED) is 0.237. The predicted molar refractivity (Wildman–Crippen MR) is 112 cm³/mol. The Labute approximate surface area is 169 Å². The third-order valence-corrected chi connectivity index (χ3v) is 3.84. The molecule has 2 rings (SSSR count). The Bertz CT molecular complexity index is 1010. The molecule has 146 valence electrons. The van der Waals surface area contributed by atoms with Crippen molar-refractivity contribution in [2.45, 2.75) is 6.42 Å². The van der Waals surface area contributed by atoms with Crippen molar-refractivity contribution < 1.29 is 19.4 Å². The monoisotopic (exact) mass is 388 g/mol. The van der Waals surface area contributed by atoms with Crippen LogP contribution in [-0.2, 0) is 11.2 Å². The largest absolute Gasteiger partial charge is 0.508 e. The molecule has 0 spiro atoms. The number of allylic oxidation sites excluding steroid dienone is 1. The molecule has 2 N–H and O–H groups in total. The van der Waals surface area contributed by atoms with Crippen LogP contribution in [0.2, 0.25) is 0 Å². The van der Waals surface area contributed by atoms with Gasteiger partial charge in [-0.15, -0.1) is 13.0 Å². The van der Waals surface area contributed by atoms with E-state index in [-0.39, 0.29) is 17.9 Å². The maximum absolute atomic E-state index is 12.4. The van der Waals surface area contributed by atoms with Gasteiger partial charge in [-0.25, -0.2) is 0 Å². The minimum absolute atomic E-state index is 0.0769. The summed E-state index contributed by atoms with van der Waals surface area (Å²) < 4.78 is 11.0. The molecule has 0 aromatic heterocycles. The average Bonchev–Trinajstić information content (AvgIpc) is 2.72. The number of terminal acetylenes is 1. The maximum Gasteiger partial charge on any atom is 0.266 e. The van der Waals surface area contributed by atoms with Crippen LogP contribution in [0.4, 0.5) is 5.69 Å². The van der Waals surface area contributed by atoms with E-state index < -0.39 is 5.91 Å². The van der Waals surface area contributed by atoms with Crippen LogP contribution >= 0.6 is 0 Å². The Morgan fingerprint density at radius 3 is 2.66 bits per heavy atom. The molecule has 6 nitrogen and oxygen atoms in total. The molecule has 0 aliphatic rings. The Balaban J connectivity index is 2.38. The molecule has 0 atom stereocenters. The summed E-state index contributed by atoms with van der Waals surface area (Å²) >= 11 is 0. The Morgan fingerprint density at radius 1 is 1.34 bits per heavy atom. The molecule has 0 saturated heterocycles. The van der Waals surface area contributed by atoms with Crippen molar-refractivity contribution in [1.29, 1.82) is 5.26 Å². The number of nitriles is 1. The van der Waals surface area contributed by atoms with E-state index in [9.17, 15) is 15.2 Å². The zero-order valence-electron chi connectivity index (χ0n) is 15.9. The van der Waals surface area contributed by atoms with Crippen molar-refractivity contribution in [3.8, 4) is 35.7 Å². The van der Waals surface area contributed by atoms with Crippen LogP contribution in [0.5, 0.6) is 17.2 Å². The van der Waals surface area contributed by atoms with Gasteiger partial charge in [-0.2, -0.15) is 5.26 Å². The number of nitrogens with zero attached hydrogens (tertiary/aromatic N) is 1. The van der Waals surface area contributed by atoms with Crippen LogP contribution in [0.25, 0.3) is 6.08 Å².